The Balaban J connectivity index is 2.46. The lowest BCUT2D eigenvalue weighted by Crippen LogP contribution is -2.62. The molecule has 0 aliphatic carbocycles. The summed E-state index contributed by atoms with van der Waals surface area (Å²) in [6.45, 7) is 7.17. The van der Waals surface area contributed by atoms with Gasteiger partial charge in [0.2, 0.25) is 5.78 Å². The Hall–Kier alpha value is -2.35. The maximum absolute atomic E-state index is 13.1. The minimum absolute atomic E-state index is 0.235. The number of piperidine rings is 1. The molecule has 0 spiro atoms. The van der Waals surface area contributed by atoms with E-state index in [1.807, 2.05) is 13.0 Å². The molecule has 5 nitrogen and oxygen atoms in total. The molecule has 5 heteroatoms. The second kappa shape index (κ2) is 6.64. The predicted molar refractivity (Wildman–Crippen MR) is 90.5 cm³/mol. The Bertz CT molecular complexity index is 657. The molecule has 1 aromatic rings. The van der Waals surface area contributed by atoms with Gasteiger partial charge in [-0.25, -0.2) is 4.79 Å². The van der Waals surface area contributed by atoms with E-state index in [2.05, 4.69) is 6.07 Å². The van der Waals surface area contributed by atoms with Crippen LogP contribution in [0.2, 0.25) is 0 Å². The lowest BCUT2D eigenvalue weighted by atomic mass is 9.79. The van der Waals surface area contributed by atoms with Gasteiger partial charge in [0.25, 0.3) is 0 Å². The Morgan fingerprint density at radius 3 is 2.46 bits per heavy atom. The number of benzene rings is 1. The van der Waals surface area contributed by atoms with Gasteiger partial charge in [-0.1, -0.05) is 30.3 Å². The van der Waals surface area contributed by atoms with Gasteiger partial charge in [0.1, 0.15) is 5.60 Å². The third-order valence-electron chi connectivity index (χ3n) is 4.20. The van der Waals surface area contributed by atoms with Crippen molar-refractivity contribution in [3.8, 4) is 6.07 Å². The first-order chi connectivity index (χ1) is 11.2. The fourth-order valence-corrected chi connectivity index (χ4v) is 3.14. The number of ketones is 1. The van der Waals surface area contributed by atoms with E-state index in [1.165, 1.54) is 4.90 Å². The molecule has 2 atom stereocenters. The molecule has 0 saturated carbocycles. The van der Waals surface area contributed by atoms with Crippen LogP contribution in [0, 0.1) is 11.3 Å². The van der Waals surface area contributed by atoms with Crippen LogP contribution in [0.15, 0.2) is 30.3 Å². The van der Waals surface area contributed by atoms with Crippen LogP contribution in [0.3, 0.4) is 0 Å². The number of likely N-dealkylation sites (tertiary alicyclic amines) is 1. The van der Waals surface area contributed by atoms with E-state index in [-0.39, 0.29) is 11.8 Å². The van der Waals surface area contributed by atoms with E-state index in [0.717, 1.165) is 6.42 Å². The molecule has 2 rings (SSSR count). The molecule has 24 heavy (non-hydrogen) atoms. The summed E-state index contributed by atoms with van der Waals surface area (Å²) in [4.78, 5) is 27.2. The first kappa shape index (κ1) is 18.0. The number of hydrogen-bond donors (Lipinski definition) is 0. The Labute approximate surface area is 143 Å². The van der Waals surface area contributed by atoms with Crippen LogP contribution in [0.1, 0.15) is 57.3 Å². The molecule has 0 aromatic heterocycles. The third kappa shape index (κ3) is 3.43. The van der Waals surface area contributed by atoms with Crippen LogP contribution >= 0.6 is 0 Å². The van der Waals surface area contributed by atoms with Gasteiger partial charge in [0.05, 0.1) is 6.07 Å². The van der Waals surface area contributed by atoms with Crippen LogP contribution < -0.4 is 0 Å². The van der Waals surface area contributed by atoms with Gasteiger partial charge in [0, 0.05) is 11.6 Å². The molecule has 0 bridgehead atoms. The quantitative estimate of drug-likeness (QED) is 0.771. The molecule has 1 fully saturated rings. The van der Waals surface area contributed by atoms with Crippen LogP contribution in [-0.2, 0) is 4.74 Å². The maximum atomic E-state index is 13.1. The van der Waals surface area contributed by atoms with Gasteiger partial charge in [-0.2, -0.15) is 5.26 Å². The van der Waals surface area contributed by atoms with Crippen LogP contribution in [0.5, 0.6) is 0 Å². The molecule has 0 N–H and O–H groups in total. The SMILES string of the molecule is C[C@@H]1CCC[C@](C#N)(C(=O)c2ccccc2)N1C(=O)OC(C)(C)C. The third-order valence-corrected chi connectivity index (χ3v) is 4.20. The fourth-order valence-electron chi connectivity index (χ4n) is 3.14. The molecule has 1 aliphatic heterocycles. The summed E-state index contributed by atoms with van der Waals surface area (Å²) < 4.78 is 5.47. The Kier molecular flexibility index (Phi) is 4.98. The van der Waals surface area contributed by atoms with Crippen molar-refractivity contribution >= 4 is 11.9 Å². The van der Waals surface area contributed by atoms with Gasteiger partial charge < -0.3 is 4.74 Å². The second-order valence-corrected chi connectivity index (χ2v) is 7.26. The number of carbonyl (C=O) groups is 2. The zero-order valence-corrected chi connectivity index (χ0v) is 14.7. The highest BCUT2D eigenvalue weighted by atomic mass is 16.6. The van der Waals surface area contributed by atoms with Crippen molar-refractivity contribution in [2.45, 2.75) is 64.1 Å². The van der Waals surface area contributed by atoms with Crippen molar-refractivity contribution in [3.63, 3.8) is 0 Å². The summed E-state index contributed by atoms with van der Waals surface area (Å²) in [5.74, 6) is -0.344. The van der Waals surface area contributed by atoms with Gasteiger partial charge in [-0.15, -0.1) is 0 Å². The topological polar surface area (TPSA) is 70.4 Å². The van der Waals surface area contributed by atoms with E-state index in [1.54, 1.807) is 45.0 Å². The van der Waals surface area contributed by atoms with E-state index in [4.69, 9.17) is 4.74 Å². The number of amides is 1. The van der Waals surface area contributed by atoms with Crippen molar-refractivity contribution in [2.75, 3.05) is 0 Å². The normalized spacial score (nSPS) is 24.1. The minimum Gasteiger partial charge on any atom is -0.444 e. The fraction of sp³-hybridized carbons (Fsp3) is 0.526. The highest BCUT2D eigenvalue weighted by molar-refractivity contribution is 6.07. The molecule has 1 aromatic carbocycles. The number of rotatable bonds is 2. The molecule has 128 valence electrons. The summed E-state index contributed by atoms with van der Waals surface area (Å²) in [6, 6.07) is 10.6. The largest absolute Gasteiger partial charge is 0.444 e. The van der Waals surface area contributed by atoms with Crippen LogP contribution in [0.25, 0.3) is 0 Å². The van der Waals surface area contributed by atoms with Crippen molar-refractivity contribution in [1.29, 1.82) is 5.26 Å². The molecular weight excluding hydrogens is 304 g/mol. The first-order valence-electron chi connectivity index (χ1n) is 8.25. The Morgan fingerprint density at radius 1 is 1.29 bits per heavy atom. The van der Waals surface area contributed by atoms with Crippen molar-refractivity contribution in [1.82, 2.24) is 4.90 Å². The highest BCUT2D eigenvalue weighted by Gasteiger charge is 2.52. The molecular formula is C19H24N2O3. The maximum Gasteiger partial charge on any atom is 0.412 e. The van der Waals surface area contributed by atoms with Gasteiger partial charge in [-0.3, -0.25) is 9.69 Å². The number of carbonyl (C=O) groups excluding carboxylic acids is 2. The monoisotopic (exact) mass is 328 g/mol. The zero-order valence-electron chi connectivity index (χ0n) is 14.7. The van der Waals surface area contributed by atoms with E-state index in [0.29, 0.717) is 18.4 Å². The van der Waals surface area contributed by atoms with Crippen molar-refractivity contribution in [2.24, 2.45) is 0 Å². The predicted octanol–water partition coefficient (Wildman–Crippen LogP) is 3.94. The molecule has 1 aliphatic rings. The molecule has 1 heterocycles. The van der Waals surface area contributed by atoms with Crippen LogP contribution in [-0.4, -0.2) is 34.0 Å². The smallest absolute Gasteiger partial charge is 0.412 e. The highest BCUT2D eigenvalue weighted by Crippen LogP contribution is 2.36. The zero-order chi connectivity index (χ0) is 18.0. The standard InChI is InChI=1S/C19H24N2O3/c1-14-9-8-12-19(13-20,16(22)15-10-6-5-7-11-15)21(14)17(23)24-18(2,3)4/h5-7,10-11,14H,8-9,12H2,1-4H3/t14-,19+/m1/s1. The minimum atomic E-state index is -1.51. The lowest BCUT2D eigenvalue weighted by molar-refractivity contribution is -0.0136. The average molecular weight is 328 g/mol. The number of nitriles is 1. The summed E-state index contributed by atoms with van der Waals surface area (Å²) in [6.07, 6.45) is 1.17. The summed E-state index contributed by atoms with van der Waals surface area (Å²) >= 11 is 0. The summed E-state index contributed by atoms with van der Waals surface area (Å²) in [5.41, 5.74) is -1.77. The first-order valence-corrected chi connectivity index (χ1v) is 8.25. The number of hydrogen-bond acceptors (Lipinski definition) is 4. The van der Waals surface area contributed by atoms with Crippen molar-refractivity contribution < 1.29 is 14.3 Å². The second-order valence-electron chi connectivity index (χ2n) is 7.26. The van der Waals surface area contributed by atoms with Gasteiger partial charge in [-0.05, 0) is 47.0 Å². The number of Topliss-reactive ketones (excluding diaryl/α,β-unsaturated/α-hetero) is 1. The number of nitrogens with zero attached hydrogens (tertiary/aromatic N) is 2. The van der Waals surface area contributed by atoms with E-state index in [9.17, 15) is 14.9 Å². The molecule has 1 saturated heterocycles. The molecule has 1 amide bonds. The van der Waals surface area contributed by atoms with Crippen LogP contribution in [0.4, 0.5) is 4.79 Å². The average Bonchev–Trinajstić information content (AvgIpc) is 2.52. The summed E-state index contributed by atoms with van der Waals surface area (Å²) in [7, 11) is 0. The molecule has 0 radical (unpaired) electrons. The number of ether oxygens (including phenoxy) is 1. The Morgan fingerprint density at radius 2 is 1.92 bits per heavy atom. The molecule has 0 unspecified atom stereocenters. The van der Waals surface area contributed by atoms with Gasteiger partial charge in [0.15, 0.2) is 5.54 Å². The van der Waals surface area contributed by atoms with E-state index >= 15 is 0 Å². The lowest BCUT2D eigenvalue weighted by Gasteiger charge is -2.45. The summed E-state index contributed by atoms with van der Waals surface area (Å²) in [5, 5.41) is 9.89. The van der Waals surface area contributed by atoms with Crippen molar-refractivity contribution in [3.05, 3.63) is 35.9 Å². The van der Waals surface area contributed by atoms with E-state index < -0.39 is 17.2 Å². The van der Waals surface area contributed by atoms with Gasteiger partial charge >= 0.3 is 6.09 Å².